The number of esters is 1. The molecule has 0 amide bonds. The van der Waals surface area contributed by atoms with E-state index in [1.165, 1.54) is 12.7 Å². The van der Waals surface area contributed by atoms with E-state index in [2.05, 4.69) is 58.5 Å². The smallest absolute Gasteiger partial charge is 0.309 e. The number of hydrogen-bond acceptors (Lipinski definition) is 2. The van der Waals surface area contributed by atoms with Gasteiger partial charge in [-0.1, -0.05) is 84.4 Å². The van der Waals surface area contributed by atoms with E-state index < -0.39 is 0 Å². The van der Waals surface area contributed by atoms with Crippen LogP contribution in [-0.4, -0.2) is 13.1 Å². The van der Waals surface area contributed by atoms with Crippen molar-refractivity contribution in [3.05, 3.63) is 48.6 Å². The fourth-order valence-electron chi connectivity index (χ4n) is 3.53. The molecule has 0 heterocycles. The second-order valence-electron chi connectivity index (χ2n) is 7.62. The van der Waals surface area contributed by atoms with Crippen LogP contribution in [0.1, 0.15) is 66.4 Å². The molecule has 0 saturated heterocycles. The lowest BCUT2D eigenvalue weighted by molar-refractivity contribution is -0.150. The molecule has 1 aromatic carbocycles. The molecule has 1 aromatic rings. The van der Waals surface area contributed by atoms with Gasteiger partial charge in [-0.2, -0.15) is 0 Å². The number of methoxy groups -OCH3 is 1. The van der Waals surface area contributed by atoms with Crippen molar-refractivity contribution in [3.63, 3.8) is 0 Å². The summed E-state index contributed by atoms with van der Waals surface area (Å²) in [5.41, 5.74) is 1.36. The lowest BCUT2D eigenvalue weighted by Gasteiger charge is -2.34. The van der Waals surface area contributed by atoms with Crippen LogP contribution in [0.15, 0.2) is 43.0 Å². The third-order valence-electron chi connectivity index (χ3n) is 5.19. The zero-order chi connectivity index (χ0) is 20.2. The van der Waals surface area contributed by atoms with Gasteiger partial charge in [0.25, 0.3) is 0 Å². The molecule has 3 atom stereocenters. The highest BCUT2D eigenvalue weighted by Crippen LogP contribution is 2.37. The van der Waals surface area contributed by atoms with Gasteiger partial charge >= 0.3 is 5.97 Å². The molecule has 0 aliphatic heterocycles. The number of benzene rings is 1. The van der Waals surface area contributed by atoms with Crippen LogP contribution in [0.4, 0.5) is 0 Å². The van der Waals surface area contributed by atoms with E-state index in [-0.39, 0.29) is 17.3 Å². The maximum Gasteiger partial charge on any atom is 0.309 e. The Morgan fingerprint density at radius 3 is 2.27 bits per heavy atom. The van der Waals surface area contributed by atoms with Crippen molar-refractivity contribution in [1.29, 1.82) is 0 Å². The minimum atomic E-state index is -0.0673. The summed E-state index contributed by atoms with van der Waals surface area (Å²) in [6.45, 7) is 16.7. The van der Waals surface area contributed by atoms with Crippen LogP contribution in [0.3, 0.4) is 0 Å². The first-order chi connectivity index (χ1) is 12.3. The number of ether oxygens (including phenoxy) is 1. The average Bonchev–Trinajstić information content (AvgIpc) is 2.67. The molecule has 0 N–H and O–H groups in total. The van der Waals surface area contributed by atoms with E-state index in [1.54, 1.807) is 0 Å². The summed E-state index contributed by atoms with van der Waals surface area (Å²) >= 11 is 0. The summed E-state index contributed by atoms with van der Waals surface area (Å²) in [5.74, 6) is 0.490. The maximum absolute atomic E-state index is 12.5. The summed E-state index contributed by atoms with van der Waals surface area (Å²) in [6, 6.07) is 10.5. The van der Waals surface area contributed by atoms with Gasteiger partial charge < -0.3 is 4.74 Å². The molecule has 2 nitrogen and oxygen atoms in total. The first kappa shape index (κ1) is 24.4. The maximum atomic E-state index is 12.5. The van der Waals surface area contributed by atoms with Crippen molar-refractivity contribution in [3.8, 4) is 0 Å². The molecule has 0 aliphatic rings. The summed E-state index contributed by atoms with van der Waals surface area (Å²) < 4.78 is 5.15. The van der Waals surface area contributed by atoms with Crippen molar-refractivity contribution in [2.45, 2.75) is 67.2 Å². The van der Waals surface area contributed by atoms with Crippen molar-refractivity contribution in [2.75, 3.05) is 7.11 Å². The van der Waals surface area contributed by atoms with E-state index in [1.807, 2.05) is 26.0 Å². The molecule has 148 valence electrons. The van der Waals surface area contributed by atoms with Gasteiger partial charge in [0.1, 0.15) is 0 Å². The average molecular weight is 361 g/mol. The SMILES string of the molecule is C=CC(C)(C)CC(CC)C(C(=O)OC)C(C)CCc1ccccc1.CC. The van der Waals surface area contributed by atoms with Crippen molar-refractivity contribution in [1.82, 2.24) is 0 Å². The Hall–Kier alpha value is -1.57. The first-order valence-corrected chi connectivity index (χ1v) is 10.1. The quantitative estimate of drug-likeness (QED) is 0.343. The Bertz CT molecular complexity index is 504. The number of allylic oxidation sites excluding steroid dienone is 1. The van der Waals surface area contributed by atoms with Crippen LogP contribution in [0.25, 0.3) is 0 Å². The van der Waals surface area contributed by atoms with E-state index in [0.29, 0.717) is 11.8 Å². The van der Waals surface area contributed by atoms with Gasteiger partial charge in [-0.3, -0.25) is 4.79 Å². The van der Waals surface area contributed by atoms with E-state index in [4.69, 9.17) is 4.74 Å². The second kappa shape index (κ2) is 12.7. The minimum absolute atomic E-state index is 0.0338. The number of aryl methyl sites for hydroxylation is 1. The Morgan fingerprint density at radius 2 is 1.81 bits per heavy atom. The van der Waals surface area contributed by atoms with Gasteiger partial charge in [-0.15, -0.1) is 6.58 Å². The fourth-order valence-corrected chi connectivity index (χ4v) is 3.53. The van der Waals surface area contributed by atoms with E-state index in [9.17, 15) is 4.79 Å². The standard InChI is InChI=1S/C22H34O2.C2H6/c1-7-19(16-22(4,5)8-2)20(21(23)24-6)17(3)14-15-18-12-10-9-11-13-18;1-2/h8-13,17,19-20H,2,7,14-16H2,1,3-6H3;1-2H3. The summed E-state index contributed by atoms with van der Waals surface area (Å²) in [5, 5.41) is 0. The predicted octanol–water partition coefficient (Wildman–Crippen LogP) is 6.70. The second-order valence-corrected chi connectivity index (χ2v) is 7.62. The summed E-state index contributed by atoms with van der Waals surface area (Å²) in [6.07, 6.45) is 5.93. The topological polar surface area (TPSA) is 26.3 Å². The summed E-state index contributed by atoms with van der Waals surface area (Å²) in [7, 11) is 1.50. The molecule has 2 heteroatoms. The predicted molar refractivity (Wildman–Crippen MR) is 113 cm³/mol. The van der Waals surface area contributed by atoms with Gasteiger partial charge in [-0.05, 0) is 42.1 Å². The van der Waals surface area contributed by atoms with Crippen molar-refractivity contribution < 1.29 is 9.53 Å². The third kappa shape index (κ3) is 8.21. The van der Waals surface area contributed by atoms with Crippen LogP contribution in [0.5, 0.6) is 0 Å². The molecule has 0 bridgehead atoms. The van der Waals surface area contributed by atoms with Crippen LogP contribution >= 0.6 is 0 Å². The minimum Gasteiger partial charge on any atom is -0.469 e. The lowest BCUT2D eigenvalue weighted by Crippen LogP contribution is -2.33. The number of carbonyl (C=O) groups is 1. The first-order valence-electron chi connectivity index (χ1n) is 10.1. The van der Waals surface area contributed by atoms with E-state index in [0.717, 1.165) is 25.7 Å². The normalized spacial score (nSPS) is 14.4. The van der Waals surface area contributed by atoms with Gasteiger partial charge in [0.05, 0.1) is 13.0 Å². The highest BCUT2D eigenvalue weighted by atomic mass is 16.5. The van der Waals surface area contributed by atoms with Gasteiger partial charge in [-0.25, -0.2) is 0 Å². The zero-order valence-electron chi connectivity index (χ0n) is 18.0. The Labute approximate surface area is 162 Å². The molecule has 1 rings (SSSR count). The number of rotatable bonds is 10. The molecular weight excluding hydrogens is 320 g/mol. The van der Waals surface area contributed by atoms with Crippen LogP contribution in [-0.2, 0) is 16.0 Å². The zero-order valence-corrected chi connectivity index (χ0v) is 18.0. The van der Waals surface area contributed by atoms with Crippen molar-refractivity contribution >= 4 is 5.97 Å². The molecule has 26 heavy (non-hydrogen) atoms. The fraction of sp³-hybridized carbons (Fsp3) is 0.625. The van der Waals surface area contributed by atoms with Gasteiger partial charge in [0.15, 0.2) is 0 Å². The highest BCUT2D eigenvalue weighted by molar-refractivity contribution is 5.73. The van der Waals surface area contributed by atoms with Crippen molar-refractivity contribution in [2.24, 2.45) is 23.2 Å². The highest BCUT2D eigenvalue weighted by Gasteiger charge is 2.35. The number of carbonyl (C=O) groups excluding carboxylic acids is 1. The molecular formula is C24H40O2. The number of hydrogen-bond donors (Lipinski definition) is 0. The molecule has 0 aromatic heterocycles. The van der Waals surface area contributed by atoms with Gasteiger partial charge in [0.2, 0.25) is 0 Å². The largest absolute Gasteiger partial charge is 0.469 e. The van der Waals surface area contributed by atoms with Crippen LogP contribution in [0, 0.1) is 23.2 Å². The molecule has 0 fully saturated rings. The van der Waals surface area contributed by atoms with E-state index >= 15 is 0 Å². The Kier molecular flexibility index (Phi) is 12.0. The summed E-state index contributed by atoms with van der Waals surface area (Å²) in [4.78, 5) is 12.5. The lowest BCUT2D eigenvalue weighted by atomic mass is 9.71. The molecule has 3 unspecified atom stereocenters. The molecule has 0 saturated carbocycles. The molecule has 0 radical (unpaired) electrons. The van der Waals surface area contributed by atoms with Crippen LogP contribution < -0.4 is 0 Å². The third-order valence-corrected chi connectivity index (χ3v) is 5.19. The Morgan fingerprint density at radius 1 is 1.23 bits per heavy atom. The monoisotopic (exact) mass is 360 g/mol. The Balaban J connectivity index is 0.00000301. The molecule has 0 aliphatic carbocycles. The van der Waals surface area contributed by atoms with Gasteiger partial charge in [0, 0.05) is 0 Å². The molecule has 0 spiro atoms. The van der Waals surface area contributed by atoms with Crippen LogP contribution in [0.2, 0.25) is 0 Å².